The van der Waals surface area contributed by atoms with E-state index in [-0.39, 0.29) is 23.8 Å². The number of hydrogen-bond acceptors (Lipinski definition) is 2. The van der Waals surface area contributed by atoms with Gasteiger partial charge >= 0.3 is 6.03 Å². The second kappa shape index (κ2) is 8.78. The van der Waals surface area contributed by atoms with Crippen LogP contribution in [-0.4, -0.2) is 22.9 Å². The number of anilines is 2. The molecule has 0 saturated heterocycles. The van der Waals surface area contributed by atoms with E-state index in [2.05, 4.69) is 10.6 Å². The number of urea groups is 1. The van der Waals surface area contributed by atoms with Crippen LogP contribution in [0.15, 0.2) is 78.9 Å². The molecule has 0 unspecified atom stereocenters. The molecule has 0 aromatic heterocycles. The molecule has 4 rings (SSSR count). The number of rotatable bonds is 6. The molecule has 0 bridgehead atoms. The van der Waals surface area contributed by atoms with Crippen molar-refractivity contribution in [2.75, 3.05) is 10.6 Å². The Bertz CT molecular complexity index is 1030. The lowest BCUT2D eigenvalue weighted by atomic mass is 10.2. The van der Waals surface area contributed by atoms with Gasteiger partial charge in [0.1, 0.15) is 5.82 Å². The molecular weight excluding hydrogens is 381 g/mol. The second-order valence-corrected chi connectivity index (χ2v) is 7.32. The summed E-state index contributed by atoms with van der Waals surface area (Å²) in [5.41, 5.74) is 2.57. The Labute approximate surface area is 174 Å². The first kappa shape index (κ1) is 19.6. The standard InChI is InChI=1S/C24H22FN3O2/c25-19-6-4-5-17(15-19)16-28(22-13-14-22)24(30)27-21-11-9-18(10-12-21)23(29)26-20-7-2-1-3-8-20/h1-12,15,22H,13-14,16H2,(H,26,29)(H,27,30). The van der Waals surface area contributed by atoms with Crippen LogP contribution in [0.4, 0.5) is 20.6 Å². The van der Waals surface area contributed by atoms with Crippen molar-refractivity contribution in [1.82, 2.24) is 4.90 Å². The van der Waals surface area contributed by atoms with E-state index in [4.69, 9.17) is 0 Å². The number of benzene rings is 3. The van der Waals surface area contributed by atoms with E-state index in [0.717, 1.165) is 24.1 Å². The van der Waals surface area contributed by atoms with E-state index in [1.54, 1.807) is 35.2 Å². The zero-order valence-corrected chi connectivity index (χ0v) is 16.3. The zero-order valence-electron chi connectivity index (χ0n) is 16.3. The molecule has 6 heteroatoms. The van der Waals surface area contributed by atoms with Gasteiger partial charge in [-0.25, -0.2) is 9.18 Å². The number of hydrogen-bond donors (Lipinski definition) is 2. The van der Waals surface area contributed by atoms with Crippen LogP contribution in [0.2, 0.25) is 0 Å². The maximum absolute atomic E-state index is 13.5. The highest BCUT2D eigenvalue weighted by Crippen LogP contribution is 2.29. The van der Waals surface area contributed by atoms with E-state index in [0.29, 0.717) is 17.8 Å². The molecule has 152 valence electrons. The van der Waals surface area contributed by atoms with Gasteiger partial charge in [0, 0.05) is 29.5 Å². The molecule has 0 radical (unpaired) electrons. The van der Waals surface area contributed by atoms with E-state index in [1.807, 2.05) is 36.4 Å². The van der Waals surface area contributed by atoms with Crippen molar-refractivity contribution in [3.63, 3.8) is 0 Å². The van der Waals surface area contributed by atoms with Crippen molar-refractivity contribution in [2.24, 2.45) is 0 Å². The summed E-state index contributed by atoms with van der Waals surface area (Å²) in [7, 11) is 0. The van der Waals surface area contributed by atoms with E-state index >= 15 is 0 Å². The number of para-hydroxylation sites is 1. The Hall–Kier alpha value is -3.67. The summed E-state index contributed by atoms with van der Waals surface area (Å²) in [6.45, 7) is 0.353. The number of halogens is 1. The topological polar surface area (TPSA) is 61.4 Å². The average molecular weight is 403 g/mol. The Morgan fingerprint density at radius 1 is 0.867 bits per heavy atom. The molecule has 5 nitrogen and oxygen atoms in total. The molecule has 2 N–H and O–H groups in total. The van der Waals surface area contributed by atoms with Gasteiger partial charge in [0.2, 0.25) is 0 Å². The Morgan fingerprint density at radius 2 is 1.57 bits per heavy atom. The fraction of sp³-hybridized carbons (Fsp3) is 0.167. The van der Waals surface area contributed by atoms with Gasteiger partial charge in [-0.05, 0) is 66.9 Å². The van der Waals surface area contributed by atoms with Crippen molar-refractivity contribution in [3.8, 4) is 0 Å². The second-order valence-electron chi connectivity index (χ2n) is 7.32. The molecule has 1 saturated carbocycles. The first-order chi connectivity index (χ1) is 14.6. The predicted octanol–water partition coefficient (Wildman–Crippen LogP) is 5.27. The monoisotopic (exact) mass is 403 g/mol. The average Bonchev–Trinajstić information content (AvgIpc) is 3.58. The van der Waals surface area contributed by atoms with Gasteiger partial charge in [0.15, 0.2) is 0 Å². The van der Waals surface area contributed by atoms with Crippen LogP contribution in [0.1, 0.15) is 28.8 Å². The maximum Gasteiger partial charge on any atom is 0.322 e. The normalized spacial score (nSPS) is 12.8. The third kappa shape index (κ3) is 5.03. The molecule has 0 aliphatic heterocycles. The van der Waals surface area contributed by atoms with Crippen LogP contribution in [0.3, 0.4) is 0 Å². The first-order valence-electron chi connectivity index (χ1n) is 9.87. The smallest absolute Gasteiger partial charge is 0.322 e. The zero-order chi connectivity index (χ0) is 20.9. The molecule has 1 aliphatic carbocycles. The van der Waals surface area contributed by atoms with Crippen molar-refractivity contribution in [1.29, 1.82) is 0 Å². The highest BCUT2D eigenvalue weighted by atomic mass is 19.1. The minimum Gasteiger partial charge on any atom is -0.322 e. The lowest BCUT2D eigenvalue weighted by Gasteiger charge is -2.23. The van der Waals surface area contributed by atoms with Gasteiger partial charge in [-0.15, -0.1) is 0 Å². The highest BCUT2D eigenvalue weighted by Gasteiger charge is 2.32. The van der Waals surface area contributed by atoms with Gasteiger partial charge in [-0.3, -0.25) is 4.79 Å². The van der Waals surface area contributed by atoms with Gasteiger partial charge < -0.3 is 15.5 Å². The molecule has 30 heavy (non-hydrogen) atoms. The third-order valence-electron chi connectivity index (χ3n) is 4.92. The molecule has 0 spiro atoms. The third-order valence-corrected chi connectivity index (χ3v) is 4.92. The summed E-state index contributed by atoms with van der Waals surface area (Å²) in [6, 6.07) is 22.2. The van der Waals surface area contributed by atoms with Crippen LogP contribution in [-0.2, 0) is 6.54 Å². The highest BCUT2D eigenvalue weighted by molar-refractivity contribution is 6.04. The minimum absolute atomic E-state index is 0.171. The largest absolute Gasteiger partial charge is 0.322 e. The van der Waals surface area contributed by atoms with E-state index in [1.165, 1.54) is 12.1 Å². The molecule has 0 heterocycles. The predicted molar refractivity (Wildman–Crippen MR) is 115 cm³/mol. The van der Waals surface area contributed by atoms with Crippen molar-refractivity contribution in [2.45, 2.75) is 25.4 Å². The van der Waals surface area contributed by atoms with Crippen LogP contribution in [0.25, 0.3) is 0 Å². The summed E-state index contributed by atoms with van der Waals surface area (Å²) >= 11 is 0. The summed E-state index contributed by atoms with van der Waals surface area (Å²) in [5, 5.41) is 5.70. The molecule has 1 fully saturated rings. The molecule has 3 aromatic rings. The molecular formula is C24H22FN3O2. The van der Waals surface area contributed by atoms with Crippen molar-refractivity contribution < 1.29 is 14.0 Å². The molecule has 0 atom stereocenters. The Morgan fingerprint density at radius 3 is 2.23 bits per heavy atom. The lowest BCUT2D eigenvalue weighted by molar-refractivity contribution is 0.102. The van der Waals surface area contributed by atoms with E-state index in [9.17, 15) is 14.0 Å². The number of nitrogens with zero attached hydrogens (tertiary/aromatic N) is 1. The summed E-state index contributed by atoms with van der Waals surface area (Å²) in [6.07, 6.45) is 1.89. The maximum atomic E-state index is 13.5. The van der Waals surface area contributed by atoms with Crippen LogP contribution in [0.5, 0.6) is 0 Å². The quantitative estimate of drug-likeness (QED) is 0.589. The van der Waals surface area contributed by atoms with Gasteiger partial charge in [0.05, 0.1) is 0 Å². The van der Waals surface area contributed by atoms with Gasteiger partial charge in [0.25, 0.3) is 5.91 Å². The fourth-order valence-electron chi connectivity index (χ4n) is 3.21. The lowest BCUT2D eigenvalue weighted by Crippen LogP contribution is -2.36. The number of nitrogens with one attached hydrogen (secondary N) is 2. The van der Waals surface area contributed by atoms with Crippen LogP contribution >= 0.6 is 0 Å². The minimum atomic E-state index is -0.312. The van der Waals surface area contributed by atoms with Crippen molar-refractivity contribution >= 4 is 23.3 Å². The Kier molecular flexibility index (Phi) is 5.75. The Balaban J connectivity index is 1.39. The van der Waals surface area contributed by atoms with Crippen molar-refractivity contribution in [3.05, 3.63) is 95.8 Å². The van der Waals surface area contributed by atoms with Gasteiger partial charge in [-0.1, -0.05) is 30.3 Å². The number of amides is 3. The van der Waals surface area contributed by atoms with E-state index < -0.39 is 0 Å². The number of carbonyl (C=O) groups is 2. The van der Waals surface area contributed by atoms with Gasteiger partial charge in [-0.2, -0.15) is 0 Å². The molecule has 3 aromatic carbocycles. The molecule has 1 aliphatic rings. The van der Waals surface area contributed by atoms with Crippen LogP contribution in [0, 0.1) is 5.82 Å². The first-order valence-corrected chi connectivity index (χ1v) is 9.87. The summed E-state index contributed by atoms with van der Waals surface area (Å²) < 4.78 is 13.5. The summed E-state index contributed by atoms with van der Waals surface area (Å²) in [5.74, 6) is -0.530. The summed E-state index contributed by atoms with van der Waals surface area (Å²) in [4.78, 5) is 26.9. The molecule has 3 amide bonds. The van der Waals surface area contributed by atoms with Crippen LogP contribution < -0.4 is 10.6 Å². The fourth-order valence-corrected chi connectivity index (χ4v) is 3.21. The SMILES string of the molecule is O=C(Nc1ccccc1)c1ccc(NC(=O)N(Cc2cccc(F)c2)C2CC2)cc1. The number of carbonyl (C=O) groups excluding carboxylic acids is 2.